The van der Waals surface area contributed by atoms with Gasteiger partial charge in [-0.05, 0) is 92.8 Å². The number of aryl methyl sites for hydroxylation is 1. The molecule has 0 amide bonds. The summed E-state index contributed by atoms with van der Waals surface area (Å²) in [7, 11) is 0. The summed E-state index contributed by atoms with van der Waals surface area (Å²) in [5, 5.41) is 23.6. The Morgan fingerprint density at radius 3 is 2.22 bits per heavy atom. The maximum absolute atomic E-state index is 9.97. The summed E-state index contributed by atoms with van der Waals surface area (Å²) in [6.45, 7) is 7.89. The first-order valence-corrected chi connectivity index (χ1v) is 14.4. The summed E-state index contributed by atoms with van der Waals surface area (Å²) in [6, 6.07) is 22.0. The number of rotatable bonds is 12. The first kappa shape index (κ1) is 27.3. The van der Waals surface area contributed by atoms with Crippen LogP contribution >= 0.6 is 0 Å². The Kier molecular flexibility index (Phi) is 10.4. The van der Waals surface area contributed by atoms with Crippen molar-refractivity contribution in [2.24, 2.45) is 17.8 Å². The van der Waals surface area contributed by atoms with Crippen LogP contribution < -0.4 is 5.32 Å². The van der Waals surface area contributed by atoms with Gasteiger partial charge in [-0.2, -0.15) is 0 Å². The van der Waals surface area contributed by atoms with Crippen LogP contribution in [0.4, 0.5) is 0 Å². The Hall–Kier alpha value is -1.72. The van der Waals surface area contributed by atoms with Crippen molar-refractivity contribution in [1.29, 1.82) is 0 Å². The van der Waals surface area contributed by atoms with Crippen LogP contribution in [-0.2, 0) is 6.42 Å². The third-order valence-electron chi connectivity index (χ3n) is 8.58. The average molecular weight is 493 g/mol. The van der Waals surface area contributed by atoms with Gasteiger partial charge in [0.25, 0.3) is 0 Å². The minimum atomic E-state index is -1.30. The molecule has 0 bridgehead atoms. The van der Waals surface area contributed by atoms with Crippen LogP contribution in [0.2, 0.25) is 0 Å². The van der Waals surface area contributed by atoms with Crippen molar-refractivity contribution in [2.45, 2.75) is 89.5 Å². The predicted molar refractivity (Wildman–Crippen MR) is 149 cm³/mol. The van der Waals surface area contributed by atoms with E-state index in [2.05, 4.69) is 84.7 Å². The maximum atomic E-state index is 9.97. The van der Waals surface area contributed by atoms with Crippen LogP contribution in [-0.4, -0.2) is 53.1 Å². The van der Waals surface area contributed by atoms with E-state index in [0.29, 0.717) is 23.8 Å². The van der Waals surface area contributed by atoms with Gasteiger partial charge in [-0.15, -0.1) is 0 Å². The number of likely N-dealkylation sites (tertiary alicyclic amines) is 1. The summed E-state index contributed by atoms with van der Waals surface area (Å²) in [6.07, 6.45) is 8.18. The molecule has 2 fully saturated rings. The van der Waals surface area contributed by atoms with Gasteiger partial charge in [0, 0.05) is 12.6 Å². The number of nitrogens with zero attached hydrogens (tertiary/aromatic N) is 1. The monoisotopic (exact) mass is 492 g/mol. The van der Waals surface area contributed by atoms with E-state index in [0.717, 1.165) is 31.7 Å². The van der Waals surface area contributed by atoms with Crippen molar-refractivity contribution < 1.29 is 10.2 Å². The van der Waals surface area contributed by atoms with E-state index in [-0.39, 0.29) is 6.04 Å². The van der Waals surface area contributed by atoms with Crippen LogP contribution in [0.25, 0.3) is 0 Å². The van der Waals surface area contributed by atoms with Crippen LogP contribution in [0.1, 0.15) is 75.8 Å². The Bertz CT molecular complexity index is 864. The summed E-state index contributed by atoms with van der Waals surface area (Å²) in [4.78, 5) is 2.71. The molecule has 4 rings (SSSR count). The first-order valence-electron chi connectivity index (χ1n) is 14.4. The second-order valence-corrected chi connectivity index (χ2v) is 11.9. The average Bonchev–Trinajstić information content (AvgIpc) is 3.27. The number of benzene rings is 2. The highest BCUT2D eigenvalue weighted by molar-refractivity contribution is 5.23. The molecule has 2 aromatic rings. The summed E-state index contributed by atoms with van der Waals surface area (Å²) < 4.78 is 0. The van der Waals surface area contributed by atoms with Gasteiger partial charge in [0.15, 0.2) is 6.29 Å². The van der Waals surface area contributed by atoms with E-state index in [1.165, 1.54) is 56.3 Å². The predicted octanol–water partition coefficient (Wildman–Crippen LogP) is 5.60. The topological polar surface area (TPSA) is 55.7 Å². The number of hydrogen-bond donors (Lipinski definition) is 3. The third-order valence-corrected chi connectivity index (χ3v) is 8.58. The van der Waals surface area contributed by atoms with Gasteiger partial charge in [0.1, 0.15) is 0 Å². The van der Waals surface area contributed by atoms with Gasteiger partial charge < -0.3 is 20.4 Å². The van der Waals surface area contributed by atoms with Crippen LogP contribution in [0, 0.1) is 17.8 Å². The van der Waals surface area contributed by atoms with Crippen LogP contribution in [0.3, 0.4) is 0 Å². The molecule has 0 radical (unpaired) electrons. The SMILES string of the molecule is CC(C)CC(NC1C[C@H](CN2CCC(CCCc3ccccc3)CC2)[C@@H](c2ccccc2)C1)C(O)O. The molecular formula is C32H48N2O2. The van der Waals surface area contributed by atoms with Crippen LogP contribution in [0.15, 0.2) is 60.7 Å². The zero-order valence-electron chi connectivity index (χ0n) is 22.4. The van der Waals surface area contributed by atoms with Gasteiger partial charge >= 0.3 is 0 Å². The fourth-order valence-electron chi connectivity index (χ4n) is 6.69. The molecule has 2 aromatic carbocycles. The Morgan fingerprint density at radius 1 is 0.917 bits per heavy atom. The lowest BCUT2D eigenvalue weighted by Gasteiger charge is -2.35. The van der Waals surface area contributed by atoms with Crippen LogP contribution in [0.5, 0.6) is 0 Å². The molecule has 2 aliphatic rings. The van der Waals surface area contributed by atoms with E-state index in [9.17, 15) is 10.2 Å². The maximum Gasteiger partial charge on any atom is 0.167 e. The lowest BCUT2D eigenvalue weighted by atomic mass is 9.87. The Labute approximate surface area is 219 Å². The van der Waals surface area contributed by atoms with E-state index in [1.54, 1.807) is 0 Å². The fraction of sp³-hybridized carbons (Fsp3) is 0.625. The zero-order chi connectivity index (χ0) is 25.3. The van der Waals surface area contributed by atoms with E-state index >= 15 is 0 Å². The molecule has 2 unspecified atom stereocenters. The highest BCUT2D eigenvalue weighted by Gasteiger charge is 2.38. The molecule has 4 atom stereocenters. The standard InChI is InChI=1S/C32H48N2O2/c1-24(2)20-31(32(35)36)33-29-21-28(30(22-29)27-14-7-4-8-15-27)23-34-18-16-26(17-19-34)13-9-12-25-10-5-3-6-11-25/h3-8,10-11,14-15,24,26,28-33,35-36H,9,12-13,16-23H2,1-2H3/t28-,29?,30-,31?/m1/s1. The van der Waals surface area contributed by atoms with E-state index in [1.807, 2.05) is 0 Å². The largest absolute Gasteiger partial charge is 0.367 e. The van der Waals surface area contributed by atoms with Gasteiger partial charge in [0.05, 0.1) is 6.04 Å². The van der Waals surface area contributed by atoms with E-state index < -0.39 is 6.29 Å². The van der Waals surface area contributed by atoms with Crippen molar-refractivity contribution in [1.82, 2.24) is 10.2 Å². The number of aliphatic hydroxyl groups is 2. The molecule has 3 N–H and O–H groups in total. The molecule has 0 spiro atoms. The molecule has 0 aromatic heterocycles. The second kappa shape index (κ2) is 13.7. The van der Waals surface area contributed by atoms with Gasteiger partial charge in [-0.3, -0.25) is 0 Å². The zero-order valence-corrected chi connectivity index (χ0v) is 22.4. The van der Waals surface area contributed by atoms with Gasteiger partial charge in [-0.1, -0.05) is 80.9 Å². The minimum Gasteiger partial charge on any atom is -0.367 e. The second-order valence-electron chi connectivity index (χ2n) is 11.9. The number of nitrogens with one attached hydrogen (secondary N) is 1. The number of aliphatic hydroxyl groups excluding tert-OH is 1. The van der Waals surface area contributed by atoms with Gasteiger partial charge in [-0.25, -0.2) is 0 Å². The highest BCUT2D eigenvalue weighted by atomic mass is 16.5. The highest BCUT2D eigenvalue weighted by Crippen LogP contribution is 2.41. The lowest BCUT2D eigenvalue weighted by Crippen LogP contribution is -2.45. The molecule has 4 heteroatoms. The van der Waals surface area contributed by atoms with Crippen molar-refractivity contribution in [3.8, 4) is 0 Å². The van der Waals surface area contributed by atoms with E-state index in [4.69, 9.17) is 0 Å². The quantitative estimate of drug-likeness (QED) is 0.338. The van der Waals surface area contributed by atoms with Crippen molar-refractivity contribution in [3.05, 3.63) is 71.8 Å². The summed E-state index contributed by atoms with van der Waals surface area (Å²) in [5.74, 6) is 2.44. The minimum absolute atomic E-state index is 0.253. The molecule has 198 valence electrons. The number of piperidine rings is 1. The Balaban J connectivity index is 1.29. The normalized spacial score (nSPS) is 24.6. The molecule has 1 saturated heterocycles. The molecule has 1 aliphatic heterocycles. The molecular weight excluding hydrogens is 444 g/mol. The lowest BCUT2D eigenvalue weighted by molar-refractivity contribution is -0.0735. The first-order chi connectivity index (χ1) is 17.5. The van der Waals surface area contributed by atoms with Crippen molar-refractivity contribution >= 4 is 0 Å². The molecule has 36 heavy (non-hydrogen) atoms. The van der Waals surface area contributed by atoms with Crippen molar-refractivity contribution in [2.75, 3.05) is 19.6 Å². The summed E-state index contributed by atoms with van der Waals surface area (Å²) >= 11 is 0. The summed E-state index contributed by atoms with van der Waals surface area (Å²) in [5.41, 5.74) is 2.91. The number of hydrogen-bond acceptors (Lipinski definition) is 4. The molecule has 1 aliphatic carbocycles. The third kappa shape index (κ3) is 8.14. The smallest absolute Gasteiger partial charge is 0.167 e. The molecule has 1 heterocycles. The van der Waals surface area contributed by atoms with Crippen molar-refractivity contribution in [3.63, 3.8) is 0 Å². The fourth-order valence-corrected chi connectivity index (χ4v) is 6.69. The molecule has 1 saturated carbocycles. The molecule has 4 nitrogen and oxygen atoms in total. The van der Waals surface area contributed by atoms with Gasteiger partial charge in [0.2, 0.25) is 0 Å². The Morgan fingerprint density at radius 2 is 1.58 bits per heavy atom.